The first kappa shape index (κ1) is 19.8. The number of anilines is 1. The second-order valence-electron chi connectivity index (χ2n) is 8.73. The molecule has 0 radical (unpaired) electrons. The third-order valence-electron chi connectivity index (χ3n) is 6.50. The third kappa shape index (κ3) is 4.13. The molecule has 2 fully saturated rings. The summed E-state index contributed by atoms with van der Waals surface area (Å²) in [4.78, 5) is 24.0. The molecule has 3 N–H and O–H groups in total. The van der Waals surface area contributed by atoms with E-state index in [-0.39, 0.29) is 17.4 Å². The molecule has 3 heterocycles. The highest BCUT2D eigenvalue weighted by Crippen LogP contribution is 2.37. The van der Waals surface area contributed by atoms with Crippen LogP contribution in [-0.4, -0.2) is 44.9 Å². The van der Waals surface area contributed by atoms with Crippen molar-refractivity contribution in [3.63, 3.8) is 0 Å². The van der Waals surface area contributed by atoms with Gasteiger partial charge in [0.1, 0.15) is 5.69 Å². The fraction of sp³-hybridized carbons (Fsp3) is 0.522. The number of nitrogens with zero attached hydrogens (tertiary/aromatic N) is 3. The standard InChI is InChI=1S/C23H31N5O/c1-16-13-19(27-22(24)25-16)21(29)28-12-8-4-7-11-20-23(28,2)15-18(26-20)14-17-9-5-3-6-10-17/h3,5-6,9-10,13,18,20,26H,4,7-8,11-12,14-15H2,1-2H3,(H2,24,25,27)/t18-,20+,23+/m1/s1. The summed E-state index contributed by atoms with van der Waals surface area (Å²) in [6.45, 7) is 4.85. The first-order valence-corrected chi connectivity index (χ1v) is 10.7. The van der Waals surface area contributed by atoms with Gasteiger partial charge in [-0.1, -0.05) is 43.2 Å². The van der Waals surface area contributed by atoms with Gasteiger partial charge in [0.2, 0.25) is 5.95 Å². The van der Waals surface area contributed by atoms with Crippen molar-refractivity contribution >= 4 is 11.9 Å². The molecule has 0 bridgehead atoms. The summed E-state index contributed by atoms with van der Waals surface area (Å²) < 4.78 is 0. The number of rotatable bonds is 3. The van der Waals surface area contributed by atoms with Crippen LogP contribution in [0.2, 0.25) is 0 Å². The van der Waals surface area contributed by atoms with Crippen LogP contribution in [-0.2, 0) is 6.42 Å². The zero-order chi connectivity index (χ0) is 20.4. The average molecular weight is 394 g/mol. The van der Waals surface area contributed by atoms with Crippen molar-refractivity contribution in [3.05, 3.63) is 53.3 Å². The topological polar surface area (TPSA) is 84.1 Å². The Morgan fingerprint density at radius 2 is 2.03 bits per heavy atom. The molecule has 1 aromatic heterocycles. The number of aryl methyl sites for hydroxylation is 1. The lowest BCUT2D eigenvalue weighted by molar-refractivity contribution is 0.0420. The van der Waals surface area contributed by atoms with Gasteiger partial charge in [0, 0.05) is 24.3 Å². The van der Waals surface area contributed by atoms with Crippen molar-refractivity contribution in [2.45, 2.75) is 70.0 Å². The van der Waals surface area contributed by atoms with Crippen molar-refractivity contribution in [2.75, 3.05) is 12.3 Å². The lowest BCUT2D eigenvalue weighted by atomic mass is 9.83. The van der Waals surface area contributed by atoms with E-state index in [9.17, 15) is 4.79 Å². The number of nitrogens with one attached hydrogen (secondary N) is 1. The van der Waals surface area contributed by atoms with E-state index >= 15 is 0 Å². The van der Waals surface area contributed by atoms with Gasteiger partial charge in [0.15, 0.2) is 0 Å². The molecule has 2 saturated heterocycles. The van der Waals surface area contributed by atoms with Crippen LogP contribution >= 0.6 is 0 Å². The number of benzene rings is 1. The van der Waals surface area contributed by atoms with Crippen molar-refractivity contribution in [3.8, 4) is 0 Å². The highest BCUT2D eigenvalue weighted by Gasteiger charge is 2.49. The summed E-state index contributed by atoms with van der Waals surface area (Å²) in [7, 11) is 0. The number of nitrogens with two attached hydrogens (primary N) is 1. The Morgan fingerprint density at radius 1 is 1.24 bits per heavy atom. The number of hydrogen-bond donors (Lipinski definition) is 2. The molecule has 1 amide bonds. The van der Waals surface area contributed by atoms with E-state index < -0.39 is 0 Å². The summed E-state index contributed by atoms with van der Waals surface area (Å²) in [6, 6.07) is 13.0. The lowest BCUT2D eigenvalue weighted by Crippen LogP contribution is -2.57. The van der Waals surface area contributed by atoms with Crippen LogP contribution in [0.1, 0.15) is 60.8 Å². The van der Waals surface area contributed by atoms with Crippen LogP contribution in [0.4, 0.5) is 5.95 Å². The Bertz CT molecular complexity index is 851. The molecule has 1 aromatic carbocycles. The summed E-state index contributed by atoms with van der Waals surface area (Å²) in [5.41, 5.74) is 8.05. The molecule has 2 aliphatic rings. The van der Waals surface area contributed by atoms with Crippen LogP contribution in [0.3, 0.4) is 0 Å². The maximum absolute atomic E-state index is 13.5. The maximum atomic E-state index is 13.5. The van der Waals surface area contributed by atoms with Crippen molar-refractivity contribution in [1.82, 2.24) is 20.2 Å². The van der Waals surface area contributed by atoms with E-state index in [0.717, 1.165) is 44.3 Å². The van der Waals surface area contributed by atoms with Gasteiger partial charge in [-0.15, -0.1) is 0 Å². The van der Waals surface area contributed by atoms with Crippen LogP contribution < -0.4 is 11.1 Å². The van der Waals surface area contributed by atoms with Crippen LogP contribution in [0.5, 0.6) is 0 Å². The SMILES string of the molecule is Cc1cc(C(=O)N2CCCCC[C@@H]3N[C@H](Cc4ccccc4)C[C@@]32C)nc(N)n1. The molecule has 29 heavy (non-hydrogen) atoms. The molecule has 2 aliphatic heterocycles. The molecule has 6 heteroatoms. The predicted octanol–water partition coefficient (Wildman–Crippen LogP) is 3.12. The Balaban J connectivity index is 1.61. The maximum Gasteiger partial charge on any atom is 0.273 e. The molecule has 0 saturated carbocycles. The largest absolute Gasteiger partial charge is 0.368 e. The highest BCUT2D eigenvalue weighted by molar-refractivity contribution is 5.93. The number of hydrogen-bond acceptors (Lipinski definition) is 5. The molecule has 0 spiro atoms. The minimum atomic E-state index is -0.232. The minimum absolute atomic E-state index is 0.0289. The quantitative estimate of drug-likeness (QED) is 0.837. The zero-order valence-corrected chi connectivity index (χ0v) is 17.4. The molecular weight excluding hydrogens is 362 g/mol. The molecule has 154 valence electrons. The van der Waals surface area contributed by atoms with Gasteiger partial charge < -0.3 is 16.0 Å². The van der Waals surface area contributed by atoms with Crippen LogP contribution in [0.25, 0.3) is 0 Å². The van der Waals surface area contributed by atoms with Crippen LogP contribution in [0.15, 0.2) is 36.4 Å². The fourth-order valence-electron chi connectivity index (χ4n) is 5.11. The number of carbonyl (C=O) groups excluding carboxylic acids is 1. The second-order valence-corrected chi connectivity index (χ2v) is 8.73. The van der Waals surface area contributed by atoms with Crippen molar-refractivity contribution in [2.24, 2.45) is 0 Å². The van der Waals surface area contributed by atoms with Gasteiger partial charge in [-0.2, -0.15) is 0 Å². The van der Waals surface area contributed by atoms with Gasteiger partial charge in [0.05, 0.1) is 5.54 Å². The van der Waals surface area contributed by atoms with Gasteiger partial charge in [-0.25, -0.2) is 9.97 Å². The smallest absolute Gasteiger partial charge is 0.273 e. The zero-order valence-electron chi connectivity index (χ0n) is 17.4. The van der Waals surface area contributed by atoms with Gasteiger partial charge in [0.25, 0.3) is 5.91 Å². The number of amides is 1. The van der Waals surface area contributed by atoms with Crippen LogP contribution in [0, 0.1) is 6.92 Å². The van der Waals surface area contributed by atoms with E-state index in [2.05, 4.69) is 57.4 Å². The monoisotopic (exact) mass is 393 g/mol. The summed E-state index contributed by atoms with van der Waals surface area (Å²) in [5, 5.41) is 3.86. The molecule has 4 rings (SSSR count). The molecular formula is C23H31N5O. The molecule has 0 unspecified atom stereocenters. The molecule has 2 aromatic rings. The van der Waals surface area contributed by atoms with Gasteiger partial charge >= 0.3 is 0 Å². The summed E-state index contributed by atoms with van der Waals surface area (Å²) in [6.07, 6.45) is 6.39. The van der Waals surface area contributed by atoms with Crippen molar-refractivity contribution in [1.29, 1.82) is 0 Å². The second kappa shape index (κ2) is 8.11. The first-order valence-electron chi connectivity index (χ1n) is 10.7. The van der Waals surface area contributed by atoms with Gasteiger partial charge in [-0.3, -0.25) is 4.79 Å². The van der Waals surface area contributed by atoms with E-state index in [1.165, 1.54) is 12.0 Å². The Hall–Kier alpha value is -2.47. The van der Waals surface area contributed by atoms with E-state index in [1.807, 2.05) is 6.92 Å². The van der Waals surface area contributed by atoms with E-state index in [0.29, 0.717) is 17.8 Å². The van der Waals surface area contributed by atoms with Crippen molar-refractivity contribution < 1.29 is 4.79 Å². The normalized spacial score (nSPS) is 27.2. The minimum Gasteiger partial charge on any atom is -0.368 e. The highest BCUT2D eigenvalue weighted by atomic mass is 16.2. The fourth-order valence-corrected chi connectivity index (χ4v) is 5.11. The number of nitrogen functional groups attached to an aromatic ring is 1. The molecule has 0 aliphatic carbocycles. The summed E-state index contributed by atoms with van der Waals surface area (Å²) >= 11 is 0. The molecule has 3 atom stereocenters. The molecule has 6 nitrogen and oxygen atoms in total. The Morgan fingerprint density at radius 3 is 2.79 bits per heavy atom. The average Bonchev–Trinajstić information content (AvgIpc) is 2.97. The lowest BCUT2D eigenvalue weighted by Gasteiger charge is -2.44. The Kier molecular flexibility index (Phi) is 5.54. The number of fused-ring (bicyclic) bond motifs is 1. The van der Waals surface area contributed by atoms with Gasteiger partial charge in [-0.05, 0) is 51.2 Å². The predicted molar refractivity (Wildman–Crippen MR) is 115 cm³/mol. The van der Waals surface area contributed by atoms with E-state index in [4.69, 9.17) is 5.73 Å². The number of carbonyl (C=O) groups is 1. The Labute approximate surface area is 172 Å². The van der Waals surface area contributed by atoms with E-state index in [1.54, 1.807) is 6.07 Å². The first-order chi connectivity index (χ1) is 14.0. The summed E-state index contributed by atoms with van der Waals surface area (Å²) in [5.74, 6) is 0.132. The third-order valence-corrected chi connectivity index (χ3v) is 6.50. The number of aromatic nitrogens is 2. The number of likely N-dealkylation sites (tertiary alicyclic amines) is 1.